The number of aromatic carboxylic acids is 1. The van der Waals surface area contributed by atoms with E-state index in [0.717, 1.165) is 11.3 Å². The number of hydrogen-bond donors (Lipinski definition) is 2. The Balaban J connectivity index is 2.25. The fourth-order valence-electron chi connectivity index (χ4n) is 1.75. The third-order valence-electron chi connectivity index (χ3n) is 2.79. The molecule has 2 rings (SSSR count). The molecule has 2 aromatic rings. The largest absolute Gasteiger partial charge is 0.478 e. The highest BCUT2D eigenvalue weighted by atomic mass is 79.9. The number of thiazole rings is 1. The molecule has 0 aliphatic rings. The number of carboxylic acid groups (broad SMARTS) is 1. The zero-order chi connectivity index (χ0) is 15.6. The first kappa shape index (κ1) is 15.5. The van der Waals surface area contributed by atoms with Crippen LogP contribution in [-0.2, 0) is 11.3 Å². The summed E-state index contributed by atoms with van der Waals surface area (Å²) in [4.78, 5) is 34.5. The lowest BCUT2D eigenvalue weighted by atomic mass is 10.2. The van der Waals surface area contributed by atoms with Crippen LogP contribution in [-0.4, -0.2) is 21.6 Å². The number of hydrogen-bond acceptors (Lipinski definition) is 4. The lowest BCUT2D eigenvalue weighted by molar-refractivity contribution is -0.116. The summed E-state index contributed by atoms with van der Waals surface area (Å²) in [6.07, 6.45) is 0. The van der Waals surface area contributed by atoms with Crippen LogP contribution in [0.15, 0.2) is 32.8 Å². The number of anilines is 1. The van der Waals surface area contributed by atoms with Crippen LogP contribution in [0.2, 0.25) is 0 Å². The molecule has 2 N–H and O–H groups in total. The molecule has 1 aromatic carbocycles. The van der Waals surface area contributed by atoms with Gasteiger partial charge in [0, 0.05) is 15.5 Å². The molecule has 21 heavy (non-hydrogen) atoms. The summed E-state index contributed by atoms with van der Waals surface area (Å²) in [6.45, 7) is 1.57. The number of carboxylic acids is 1. The second-order valence-electron chi connectivity index (χ2n) is 4.24. The quantitative estimate of drug-likeness (QED) is 0.864. The van der Waals surface area contributed by atoms with Gasteiger partial charge < -0.3 is 10.4 Å². The summed E-state index contributed by atoms with van der Waals surface area (Å²) in [5, 5.41) is 13.3. The van der Waals surface area contributed by atoms with E-state index >= 15 is 0 Å². The molecule has 0 radical (unpaired) electrons. The molecule has 6 nitrogen and oxygen atoms in total. The third kappa shape index (κ3) is 3.40. The maximum Gasteiger partial charge on any atom is 0.337 e. The van der Waals surface area contributed by atoms with Crippen molar-refractivity contribution in [1.82, 2.24) is 4.57 Å². The first-order chi connectivity index (χ1) is 9.90. The standard InChI is InChI=1S/C13H11BrN2O4S/c1-7-6-21-13(20)16(7)5-10(17)15-11-8(12(18)19)3-2-4-9(11)14/h2-4,6H,5H2,1H3,(H,15,17)(H,18,19). The molecule has 1 amide bonds. The Labute approximate surface area is 132 Å². The van der Waals surface area contributed by atoms with E-state index in [4.69, 9.17) is 5.11 Å². The minimum Gasteiger partial charge on any atom is -0.478 e. The number of halogens is 1. The smallest absolute Gasteiger partial charge is 0.337 e. The summed E-state index contributed by atoms with van der Waals surface area (Å²) in [5.74, 6) is -1.61. The van der Waals surface area contributed by atoms with Gasteiger partial charge in [-0.3, -0.25) is 14.2 Å². The lowest BCUT2D eigenvalue weighted by Gasteiger charge is -2.11. The maximum absolute atomic E-state index is 12.0. The van der Waals surface area contributed by atoms with Gasteiger partial charge in [-0.15, -0.1) is 0 Å². The Hall–Kier alpha value is -1.93. The molecular formula is C13H11BrN2O4S. The van der Waals surface area contributed by atoms with Crippen molar-refractivity contribution in [2.75, 3.05) is 5.32 Å². The van der Waals surface area contributed by atoms with Gasteiger partial charge in [-0.2, -0.15) is 0 Å². The van der Waals surface area contributed by atoms with E-state index in [-0.39, 0.29) is 22.7 Å². The van der Waals surface area contributed by atoms with Gasteiger partial charge >= 0.3 is 10.8 Å². The number of para-hydroxylation sites is 1. The molecule has 0 aliphatic carbocycles. The lowest BCUT2D eigenvalue weighted by Crippen LogP contribution is -2.26. The van der Waals surface area contributed by atoms with Gasteiger partial charge in [0.25, 0.3) is 0 Å². The van der Waals surface area contributed by atoms with Gasteiger partial charge in [0.15, 0.2) is 0 Å². The normalized spacial score (nSPS) is 10.4. The van der Waals surface area contributed by atoms with Crippen LogP contribution in [0.3, 0.4) is 0 Å². The van der Waals surface area contributed by atoms with Crippen molar-refractivity contribution in [2.45, 2.75) is 13.5 Å². The Bertz CT molecular complexity index is 766. The molecule has 0 saturated carbocycles. The van der Waals surface area contributed by atoms with E-state index in [1.165, 1.54) is 10.6 Å². The van der Waals surface area contributed by atoms with E-state index in [1.54, 1.807) is 24.4 Å². The molecule has 0 aliphatic heterocycles. The Morgan fingerprint density at radius 3 is 2.71 bits per heavy atom. The van der Waals surface area contributed by atoms with E-state index in [2.05, 4.69) is 21.2 Å². The molecule has 0 atom stereocenters. The molecule has 0 saturated heterocycles. The average Bonchev–Trinajstić information content (AvgIpc) is 2.72. The minimum absolute atomic E-state index is 0.0212. The van der Waals surface area contributed by atoms with Crippen LogP contribution >= 0.6 is 27.3 Å². The van der Waals surface area contributed by atoms with Crippen LogP contribution in [0.4, 0.5) is 5.69 Å². The van der Waals surface area contributed by atoms with Gasteiger partial charge in [-0.05, 0) is 35.0 Å². The van der Waals surface area contributed by atoms with Crippen molar-refractivity contribution in [2.24, 2.45) is 0 Å². The molecule has 110 valence electrons. The number of nitrogens with zero attached hydrogens (tertiary/aromatic N) is 1. The Morgan fingerprint density at radius 1 is 1.43 bits per heavy atom. The first-order valence-electron chi connectivity index (χ1n) is 5.86. The van der Waals surface area contributed by atoms with Crippen LogP contribution in [0, 0.1) is 6.92 Å². The molecule has 1 heterocycles. The van der Waals surface area contributed by atoms with Crippen molar-refractivity contribution in [3.05, 3.63) is 49.0 Å². The summed E-state index contributed by atoms with van der Waals surface area (Å²) >= 11 is 4.22. The summed E-state index contributed by atoms with van der Waals surface area (Å²) in [7, 11) is 0. The predicted octanol–water partition coefficient (Wildman–Crippen LogP) is 2.32. The summed E-state index contributed by atoms with van der Waals surface area (Å²) in [6, 6.07) is 4.59. The molecule has 8 heteroatoms. The highest BCUT2D eigenvalue weighted by Crippen LogP contribution is 2.26. The maximum atomic E-state index is 12.0. The Morgan fingerprint density at radius 2 is 2.14 bits per heavy atom. The number of rotatable bonds is 4. The molecule has 0 spiro atoms. The monoisotopic (exact) mass is 370 g/mol. The molecular weight excluding hydrogens is 360 g/mol. The van der Waals surface area contributed by atoms with E-state index < -0.39 is 11.9 Å². The van der Waals surface area contributed by atoms with Crippen molar-refractivity contribution in [3.63, 3.8) is 0 Å². The number of carbonyl (C=O) groups excluding carboxylic acids is 1. The fraction of sp³-hybridized carbons (Fsp3) is 0.154. The average molecular weight is 371 g/mol. The van der Waals surface area contributed by atoms with Crippen LogP contribution in [0.1, 0.15) is 16.1 Å². The van der Waals surface area contributed by atoms with E-state index in [9.17, 15) is 14.4 Å². The van der Waals surface area contributed by atoms with Crippen LogP contribution < -0.4 is 10.2 Å². The third-order valence-corrected chi connectivity index (χ3v) is 4.33. The van der Waals surface area contributed by atoms with Crippen molar-refractivity contribution in [3.8, 4) is 0 Å². The van der Waals surface area contributed by atoms with Crippen LogP contribution in [0.5, 0.6) is 0 Å². The summed E-state index contributed by atoms with van der Waals surface area (Å²) < 4.78 is 1.79. The molecule has 0 fully saturated rings. The van der Waals surface area contributed by atoms with E-state index in [1.807, 2.05) is 0 Å². The predicted molar refractivity (Wildman–Crippen MR) is 83.0 cm³/mol. The van der Waals surface area contributed by atoms with Gasteiger partial charge in [0.05, 0.1) is 11.3 Å². The van der Waals surface area contributed by atoms with Crippen molar-refractivity contribution < 1.29 is 14.7 Å². The first-order valence-corrected chi connectivity index (χ1v) is 7.54. The molecule has 0 bridgehead atoms. The SMILES string of the molecule is Cc1csc(=O)n1CC(=O)Nc1c(Br)cccc1C(=O)O. The number of aromatic nitrogens is 1. The number of carbonyl (C=O) groups is 2. The summed E-state index contributed by atoms with van der Waals surface area (Å²) in [5.41, 5.74) is 0.841. The fourth-order valence-corrected chi connectivity index (χ4v) is 2.95. The Kier molecular flexibility index (Phi) is 4.59. The van der Waals surface area contributed by atoms with Crippen molar-refractivity contribution in [1.29, 1.82) is 0 Å². The number of aryl methyl sites for hydroxylation is 1. The van der Waals surface area contributed by atoms with Crippen molar-refractivity contribution >= 4 is 44.8 Å². The van der Waals surface area contributed by atoms with E-state index in [0.29, 0.717) is 10.2 Å². The number of benzene rings is 1. The van der Waals surface area contributed by atoms with Crippen LogP contribution in [0.25, 0.3) is 0 Å². The second-order valence-corrected chi connectivity index (χ2v) is 5.92. The molecule has 1 aromatic heterocycles. The van der Waals surface area contributed by atoms with Gasteiger partial charge in [-0.25, -0.2) is 4.79 Å². The second kappa shape index (κ2) is 6.23. The highest BCUT2D eigenvalue weighted by molar-refractivity contribution is 9.10. The zero-order valence-corrected chi connectivity index (χ0v) is 13.3. The number of nitrogens with one attached hydrogen (secondary N) is 1. The van der Waals surface area contributed by atoms with Gasteiger partial charge in [0.1, 0.15) is 6.54 Å². The topological polar surface area (TPSA) is 88.4 Å². The minimum atomic E-state index is -1.14. The van der Waals surface area contributed by atoms with Gasteiger partial charge in [0.2, 0.25) is 5.91 Å². The number of amides is 1. The molecule has 0 unspecified atom stereocenters. The highest BCUT2D eigenvalue weighted by Gasteiger charge is 2.16. The van der Waals surface area contributed by atoms with Gasteiger partial charge in [-0.1, -0.05) is 17.4 Å². The zero-order valence-electron chi connectivity index (χ0n) is 10.9.